The highest BCUT2D eigenvalue weighted by atomic mass is 16.7. The van der Waals surface area contributed by atoms with Gasteiger partial charge in [0.1, 0.15) is 0 Å². The molecule has 0 spiro atoms. The minimum absolute atomic E-state index is 0.0284. The van der Waals surface area contributed by atoms with Crippen LogP contribution in [0.4, 0.5) is 0 Å². The van der Waals surface area contributed by atoms with Gasteiger partial charge in [0.05, 0.1) is 24.7 Å². The summed E-state index contributed by atoms with van der Waals surface area (Å²) in [5.74, 6) is -0.677. The second kappa shape index (κ2) is 5.36. The van der Waals surface area contributed by atoms with Crippen LogP contribution in [0.1, 0.15) is 47.5 Å². The summed E-state index contributed by atoms with van der Waals surface area (Å²) in [6.07, 6.45) is 1.36. The van der Waals surface area contributed by atoms with Gasteiger partial charge in [0.15, 0.2) is 5.79 Å². The quantitative estimate of drug-likeness (QED) is 0.697. The van der Waals surface area contributed by atoms with E-state index in [1.165, 1.54) is 0 Å². The minimum atomic E-state index is -0.534. The molecule has 1 rings (SSSR count). The van der Waals surface area contributed by atoms with Gasteiger partial charge in [-0.25, -0.2) is 0 Å². The second-order valence-electron chi connectivity index (χ2n) is 5.29. The van der Waals surface area contributed by atoms with Gasteiger partial charge in [0.25, 0.3) is 0 Å². The average Bonchev–Trinajstić information content (AvgIpc) is 2.58. The molecule has 4 nitrogen and oxygen atoms in total. The van der Waals surface area contributed by atoms with Crippen LogP contribution in [0.15, 0.2) is 0 Å². The molecule has 0 N–H and O–H groups in total. The number of carbonyl (C=O) groups excluding carboxylic acids is 1. The van der Waals surface area contributed by atoms with E-state index in [0.29, 0.717) is 19.6 Å². The molecule has 17 heavy (non-hydrogen) atoms. The van der Waals surface area contributed by atoms with E-state index in [9.17, 15) is 4.79 Å². The average molecular weight is 244 g/mol. The number of hydrogen-bond donors (Lipinski definition) is 0. The molecule has 4 heteroatoms. The van der Waals surface area contributed by atoms with Crippen molar-refractivity contribution in [2.45, 2.75) is 59.4 Å². The number of hydrogen-bond acceptors (Lipinski definition) is 4. The summed E-state index contributed by atoms with van der Waals surface area (Å²) in [6.45, 7) is 10.5. The predicted octanol–water partition coefficient (Wildman–Crippen LogP) is 2.51. The highest BCUT2D eigenvalue weighted by Gasteiger charge is 2.41. The van der Waals surface area contributed by atoms with Crippen molar-refractivity contribution in [1.29, 1.82) is 0 Å². The van der Waals surface area contributed by atoms with Crippen LogP contribution in [0.25, 0.3) is 0 Å². The molecule has 1 aliphatic heterocycles. The van der Waals surface area contributed by atoms with E-state index in [-0.39, 0.29) is 12.1 Å². The molecule has 1 aliphatic rings. The Bertz CT molecular complexity index is 275. The Morgan fingerprint density at radius 2 is 2.12 bits per heavy atom. The van der Waals surface area contributed by atoms with Gasteiger partial charge in [-0.3, -0.25) is 4.79 Å². The zero-order chi connectivity index (χ0) is 13.1. The van der Waals surface area contributed by atoms with E-state index >= 15 is 0 Å². The molecular formula is C13H24O4. The van der Waals surface area contributed by atoms with Gasteiger partial charge < -0.3 is 14.2 Å². The topological polar surface area (TPSA) is 44.8 Å². The summed E-state index contributed by atoms with van der Waals surface area (Å²) in [5.41, 5.74) is -0.482. The van der Waals surface area contributed by atoms with E-state index in [1.807, 2.05) is 34.6 Å². The van der Waals surface area contributed by atoms with Crippen molar-refractivity contribution in [2.75, 3.05) is 13.2 Å². The van der Waals surface area contributed by atoms with Gasteiger partial charge in [-0.15, -0.1) is 0 Å². The summed E-state index contributed by atoms with van der Waals surface area (Å²) in [7, 11) is 0. The molecule has 0 aromatic heterocycles. The predicted molar refractivity (Wildman–Crippen MR) is 64.6 cm³/mol. The van der Waals surface area contributed by atoms with Crippen LogP contribution in [-0.4, -0.2) is 31.1 Å². The molecule has 0 aliphatic carbocycles. The zero-order valence-electron chi connectivity index (χ0n) is 11.5. The van der Waals surface area contributed by atoms with Crippen LogP contribution in [0.2, 0.25) is 0 Å². The first-order valence-electron chi connectivity index (χ1n) is 6.32. The first kappa shape index (κ1) is 14.5. The van der Waals surface area contributed by atoms with Crippen LogP contribution in [0.5, 0.6) is 0 Å². The first-order chi connectivity index (χ1) is 7.83. The molecule has 0 radical (unpaired) electrons. The van der Waals surface area contributed by atoms with Crippen molar-refractivity contribution in [2.24, 2.45) is 5.41 Å². The highest BCUT2D eigenvalue weighted by molar-refractivity contribution is 5.76. The number of rotatable bonds is 5. The molecule has 1 heterocycles. The van der Waals surface area contributed by atoms with Gasteiger partial charge in [-0.05, 0) is 40.5 Å². The third kappa shape index (κ3) is 3.68. The van der Waals surface area contributed by atoms with E-state index in [0.717, 1.165) is 6.42 Å². The van der Waals surface area contributed by atoms with Crippen LogP contribution in [0, 0.1) is 5.41 Å². The molecular weight excluding hydrogens is 220 g/mol. The maximum Gasteiger partial charge on any atom is 0.311 e. The summed E-state index contributed by atoms with van der Waals surface area (Å²) in [6, 6.07) is 0. The van der Waals surface area contributed by atoms with E-state index in [1.54, 1.807) is 0 Å². The molecule has 2 atom stereocenters. The lowest BCUT2D eigenvalue weighted by Gasteiger charge is -2.28. The molecule has 0 saturated carbocycles. The lowest BCUT2D eigenvalue weighted by Crippen LogP contribution is -2.34. The van der Waals surface area contributed by atoms with Crippen molar-refractivity contribution < 1.29 is 19.0 Å². The largest absolute Gasteiger partial charge is 0.466 e. The van der Waals surface area contributed by atoms with Crippen LogP contribution >= 0.6 is 0 Å². The Labute approximate surface area is 104 Å². The van der Waals surface area contributed by atoms with E-state index in [4.69, 9.17) is 14.2 Å². The summed E-state index contributed by atoms with van der Waals surface area (Å²) in [4.78, 5) is 11.9. The van der Waals surface area contributed by atoms with Crippen molar-refractivity contribution in [3.8, 4) is 0 Å². The number of carbonyl (C=O) groups is 1. The minimum Gasteiger partial charge on any atom is -0.466 e. The fourth-order valence-corrected chi connectivity index (χ4v) is 2.04. The Balaban J connectivity index is 2.60. The second-order valence-corrected chi connectivity index (χ2v) is 5.29. The molecule has 1 fully saturated rings. The zero-order valence-corrected chi connectivity index (χ0v) is 11.5. The standard InChI is InChI=1S/C13H24O4/c1-6-13(5,11(14)15-7-2)8-10-9-16-12(3,4)17-10/h10H,6-9H2,1-5H3/t10-,13?/m0/s1. The Hall–Kier alpha value is -0.610. The lowest BCUT2D eigenvalue weighted by atomic mass is 9.82. The molecule has 1 unspecified atom stereocenters. The van der Waals surface area contributed by atoms with Crippen molar-refractivity contribution >= 4 is 5.97 Å². The van der Waals surface area contributed by atoms with E-state index < -0.39 is 11.2 Å². The lowest BCUT2D eigenvalue weighted by molar-refractivity contribution is -0.161. The maximum atomic E-state index is 11.9. The third-order valence-corrected chi connectivity index (χ3v) is 3.29. The fourth-order valence-electron chi connectivity index (χ4n) is 2.04. The highest BCUT2D eigenvalue weighted by Crippen LogP contribution is 2.34. The van der Waals surface area contributed by atoms with Gasteiger partial charge in [0.2, 0.25) is 0 Å². The molecule has 0 aromatic rings. The monoisotopic (exact) mass is 244 g/mol. The Kier molecular flexibility index (Phi) is 4.55. The van der Waals surface area contributed by atoms with Crippen LogP contribution in [-0.2, 0) is 19.0 Å². The number of ether oxygens (including phenoxy) is 3. The molecule has 0 amide bonds. The fraction of sp³-hybridized carbons (Fsp3) is 0.923. The summed E-state index contributed by atoms with van der Waals surface area (Å²) in [5, 5.41) is 0. The van der Waals surface area contributed by atoms with Gasteiger partial charge in [0, 0.05) is 0 Å². The van der Waals surface area contributed by atoms with E-state index in [2.05, 4.69) is 0 Å². The van der Waals surface area contributed by atoms with Crippen molar-refractivity contribution in [3.63, 3.8) is 0 Å². The Morgan fingerprint density at radius 1 is 1.47 bits per heavy atom. The molecule has 1 saturated heterocycles. The molecule has 0 bridgehead atoms. The van der Waals surface area contributed by atoms with Crippen molar-refractivity contribution in [3.05, 3.63) is 0 Å². The van der Waals surface area contributed by atoms with Gasteiger partial charge in [-0.1, -0.05) is 6.92 Å². The summed E-state index contributed by atoms with van der Waals surface area (Å²) >= 11 is 0. The molecule has 100 valence electrons. The number of esters is 1. The maximum absolute atomic E-state index is 11.9. The van der Waals surface area contributed by atoms with Crippen molar-refractivity contribution in [1.82, 2.24) is 0 Å². The van der Waals surface area contributed by atoms with Gasteiger partial charge in [-0.2, -0.15) is 0 Å². The Morgan fingerprint density at radius 3 is 2.53 bits per heavy atom. The third-order valence-electron chi connectivity index (χ3n) is 3.29. The van der Waals surface area contributed by atoms with Crippen LogP contribution in [0.3, 0.4) is 0 Å². The van der Waals surface area contributed by atoms with Crippen LogP contribution < -0.4 is 0 Å². The van der Waals surface area contributed by atoms with Gasteiger partial charge >= 0.3 is 5.97 Å². The summed E-state index contributed by atoms with van der Waals surface area (Å²) < 4.78 is 16.4. The normalized spacial score (nSPS) is 26.5. The SMILES string of the molecule is CCOC(=O)C(C)(CC)C[C@H]1COC(C)(C)O1. The first-order valence-corrected chi connectivity index (χ1v) is 6.32. The molecule has 0 aromatic carbocycles. The smallest absolute Gasteiger partial charge is 0.311 e.